The van der Waals surface area contributed by atoms with Crippen molar-refractivity contribution in [3.63, 3.8) is 0 Å². The second-order valence-electron chi connectivity index (χ2n) is 5.45. The quantitative estimate of drug-likeness (QED) is 0.817. The topological polar surface area (TPSA) is 78.4 Å². The molecule has 1 aliphatic rings. The molecule has 2 N–H and O–H groups in total. The lowest BCUT2D eigenvalue weighted by atomic mass is 9.95. The predicted molar refractivity (Wildman–Crippen MR) is 80.9 cm³/mol. The number of nitrogens with zero attached hydrogens (tertiary/aromatic N) is 3. The molecule has 1 saturated heterocycles. The number of amides is 1. The summed E-state index contributed by atoms with van der Waals surface area (Å²) in [4.78, 5) is 22.8. The lowest BCUT2D eigenvalue weighted by molar-refractivity contribution is -0.126. The van der Waals surface area contributed by atoms with E-state index in [0.717, 1.165) is 38.2 Å². The molecule has 6 nitrogen and oxygen atoms in total. The van der Waals surface area contributed by atoms with Crippen molar-refractivity contribution >= 4 is 11.7 Å². The fourth-order valence-electron chi connectivity index (χ4n) is 2.68. The second kappa shape index (κ2) is 7.93. The number of piperidine rings is 1. The van der Waals surface area contributed by atoms with Gasteiger partial charge in [-0.2, -0.15) is 0 Å². The molecular formula is C15H24N4O2. The van der Waals surface area contributed by atoms with Crippen molar-refractivity contribution in [3.8, 4) is 0 Å². The largest absolute Gasteiger partial charge is 0.396 e. The van der Waals surface area contributed by atoms with Crippen LogP contribution in [0.1, 0.15) is 32.6 Å². The molecule has 0 saturated carbocycles. The number of hydrogen-bond acceptors (Lipinski definition) is 5. The van der Waals surface area contributed by atoms with Crippen molar-refractivity contribution in [2.45, 2.75) is 38.6 Å². The highest BCUT2D eigenvalue weighted by atomic mass is 16.3. The first-order chi connectivity index (χ1) is 10.2. The minimum atomic E-state index is 0.0608. The zero-order valence-electron chi connectivity index (χ0n) is 12.5. The van der Waals surface area contributed by atoms with E-state index >= 15 is 0 Å². The third-order valence-electron chi connectivity index (χ3n) is 4.06. The van der Waals surface area contributed by atoms with E-state index in [1.807, 2.05) is 6.92 Å². The summed E-state index contributed by atoms with van der Waals surface area (Å²) in [5, 5.41) is 12.0. The van der Waals surface area contributed by atoms with E-state index in [0.29, 0.717) is 6.42 Å². The Balaban J connectivity index is 1.82. The smallest absolute Gasteiger partial charge is 0.223 e. The van der Waals surface area contributed by atoms with Gasteiger partial charge in [-0.1, -0.05) is 6.92 Å². The van der Waals surface area contributed by atoms with Crippen LogP contribution in [0.5, 0.6) is 0 Å². The fraction of sp³-hybridized carbons (Fsp3) is 0.667. The van der Waals surface area contributed by atoms with Gasteiger partial charge < -0.3 is 15.3 Å². The standard InChI is InChI=1S/C15H24N4O2/c1-2-13(5-10-20)18-15(21)12-3-8-19(9-4-12)14-11-16-6-7-17-14/h6-7,11-13,20H,2-5,8-10H2,1H3,(H,18,21). The number of aliphatic hydroxyl groups is 1. The van der Waals surface area contributed by atoms with Crippen molar-refractivity contribution in [1.29, 1.82) is 0 Å². The first kappa shape index (κ1) is 15.7. The molecule has 1 fully saturated rings. The molecular weight excluding hydrogens is 268 g/mol. The van der Waals surface area contributed by atoms with Crippen LogP contribution in [0.4, 0.5) is 5.82 Å². The van der Waals surface area contributed by atoms with Crippen LogP contribution in [0.15, 0.2) is 18.6 Å². The van der Waals surface area contributed by atoms with Gasteiger partial charge in [0.1, 0.15) is 5.82 Å². The van der Waals surface area contributed by atoms with Gasteiger partial charge in [0.05, 0.1) is 6.20 Å². The molecule has 2 rings (SSSR count). The average Bonchev–Trinajstić information content (AvgIpc) is 2.55. The number of aliphatic hydroxyl groups excluding tert-OH is 1. The Morgan fingerprint density at radius 3 is 2.81 bits per heavy atom. The zero-order chi connectivity index (χ0) is 15.1. The van der Waals surface area contributed by atoms with E-state index in [-0.39, 0.29) is 24.5 Å². The van der Waals surface area contributed by atoms with Crippen molar-refractivity contribution in [2.75, 3.05) is 24.6 Å². The number of nitrogens with one attached hydrogen (secondary N) is 1. The first-order valence-electron chi connectivity index (χ1n) is 7.66. The molecule has 1 atom stereocenters. The molecule has 1 unspecified atom stereocenters. The summed E-state index contributed by atoms with van der Waals surface area (Å²) >= 11 is 0. The van der Waals surface area contributed by atoms with E-state index in [2.05, 4.69) is 20.2 Å². The van der Waals surface area contributed by atoms with E-state index in [1.165, 1.54) is 0 Å². The van der Waals surface area contributed by atoms with Gasteiger partial charge >= 0.3 is 0 Å². The number of aromatic nitrogens is 2. The van der Waals surface area contributed by atoms with Gasteiger partial charge in [0.15, 0.2) is 0 Å². The molecule has 1 amide bonds. The lowest BCUT2D eigenvalue weighted by Crippen LogP contribution is -2.44. The molecule has 116 valence electrons. The van der Waals surface area contributed by atoms with Gasteiger partial charge in [0.2, 0.25) is 5.91 Å². The van der Waals surface area contributed by atoms with Crippen molar-refractivity contribution in [2.24, 2.45) is 5.92 Å². The van der Waals surface area contributed by atoms with Crippen LogP contribution in [-0.2, 0) is 4.79 Å². The van der Waals surface area contributed by atoms with E-state index in [1.54, 1.807) is 18.6 Å². The van der Waals surface area contributed by atoms with Gasteiger partial charge in [0, 0.05) is 44.0 Å². The van der Waals surface area contributed by atoms with Crippen LogP contribution in [-0.4, -0.2) is 46.7 Å². The predicted octanol–water partition coefficient (Wildman–Crippen LogP) is 0.970. The van der Waals surface area contributed by atoms with Crippen LogP contribution in [0, 0.1) is 5.92 Å². The fourth-order valence-corrected chi connectivity index (χ4v) is 2.68. The maximum atomic E-state index is 12.2. The minimum Gasteiger partial charge on any atom is -0.396 e. The number of carbonyl (C=O) groups is 1. The minimum absolute atomic E-state index is 0.0608. The summed E-state index contributed by atoms with van der Waals surface area (Å²) in [6.07, 6.45) is 8.25. The Bertz CT molecular complexity index is 433. The highest BCUT2D eigenvalue weighted by Crippen LogP contribution is 2.21. The normalized spacial score (nSPS) is 17.5. The van der Waals surface area contributed by atoms with Gasteiger partial charge in [0.25, 0.3) is 0 Å². The second-order valence-corrected chi connectivity index (χ2v) is 5.45. The number of carbonyl (C=O) groups excluding carboxylic acids is 1. The Hall–Kier alpha value is -1.69. The van der Waals surface area contributed by atoms with Gasteiger partial charge in [-0.25, -0.2) is 4.98 Å². The molecule has 0 radical (unpaired) electrons. The molecule has 1 aliphatic heterocycles. The maximum Gasteiger partial charge on any atom is 0.223 e. The monoisotopic (exact) mass is 292 g/mol. The van der Waals surface area contributed by atoms with E-state index in [4.69, 9.17) is 5.11 Å². The van der Waals surface area contributed by atoms with Crippen LogP contribution in [0.3, 0.4) is 0 Å². The average molecular weight is 292 g/mol. The van der Waals surface area contributed by atoms with Crippen LogP contribution >= 0.6 is 0 Å². The molecule has 0 spiro atoms. The Labute approximate surface area is 125 Å². The van der Waals surface area contributed by atoms with Crippen molar-refractivity contribution in [1.82, 2.24) is 15.3 Å². The zero-order valence-corrected chi connectivity index (χ0v) is 12.5. The Kier molecular flexibility index (Phi) is 5.92. The van der Waals surface area contributed by atoms with Crippen LogP contribution < -0.4 is 10.2 Å². The molecule has 0 aliphatic carbocycles. The summed E-state index contributed by atoms with van der Waals surface area (Å²) in [7, 11) is 0. The summed E-state index contributed by atoms with van der Waals surface area (Å²) in [5.41, 5.74) is 0. The van der Waals surface area contributed by atoms with Crippen LogP contribution in [0.25, 0.3) is 0 Å². The van der Waals surface area contributed by atoms with Crippen molar-refractivity contribution in [3.05, 3.63) is 18.6 Å². The number of anilines is 1. The molecule has 1 aromatic rings. The van der Waals surface area contributed by atoms with E-state index in [9.17, 15) is 4.79 Å². The van der Waals surface area contributed by atoms with Crippen molar-refractivity contribution < 1.29 is 9.90 Å². The molecule has 0 aromatic carbocycles. The molecule has 6 heteroatoms. The SMILES string of the molecule is CCC(CCO)NC(=O)C1CCN(c2cnccn2)CC1. The summed E-state index contributed by atoms with van der Waals surface area (Å²) < 4.78 is 0. The maximum absolute atomic E-state index is 12.2. The summed E-state index contributed by atoms with van der Waals surface area (Å²) in [6.45, 7) is 3.79. The summed E-state index contributed by atoms with van der Waals surface area (Å²) in [6, 6.07) is 0.0838. The molecule has 1 aromatic heterocycles. The highest BCUT2D eigenvalue weighted by molar-refractivity contribution is 5.79. The molecule has 2 heterocycles. The molecule has 21 heavy (non-hydrogen) atoms. The van der Waals surface area contributed by atoms with E-state index < -0.39 is 0 Å². The highest BCUT2D eigenvalue weighted by Gasteiger charge is 2.26. The first-order valence-corrected chi connectivity index (χ1v) is 7.66. The lowest BCUT2D eigenvalue weighted by Gasteiger charge is -2.32. The molecule has 0 bridgehead atoms. The van der Waals surface area contributed by atoms with Gasteiger partial charge in [-0.3, -0.25) is 9.78 Å². The Morgan fingerprint density at radius 2 is 2.24 bits per heavy atom. The Morgan fingerprint density at radius 1 is 1.48 bits per heavy atom. The van der Waals surface area contributed by atoms with Crippen LogP contribution in [0.2, 0.25) is 0 Å². The number of hydrogen-bond donors (Lipinski definition) is 2. The number of rotatable bonds is 6. The summed E-state index contributed by atoms with van der Waals surface area (Å²) in [5.74, 6) is 1.06. The van der Waals surface area contributed by atoms with Gasteiger partial charge in [-0.15, -0.1) is 0 Å². The third-order valence-corrected chi connectivity index (χ3v) is 4.06. The van der Waals surface area contributed by atoms with Gasteiger partial charge in [-0.05, 0) is 25.7 Å². The third kappa shape index (κ3) is 4.39.